The van der Waals surface area contributed by atoms with Crippen molar-refractivity contribution in [2.24, 2.45) is 0 Å². The number of anilines is 2. The second-order valence-electron chi connectivity index (χ2n) is 7.23. The molecule has 3 N–H and O–H groups in total. The van der Waals surface area contributed by atoms with E-state index in [0.717, 1.165) is 11.3 Å². The third kappa shape index (κ3) is 4.13. The highest BCUT2D eigenvalue weighted by molar-refractivity contribution is 5.53. The van der Waals surface area contributed by atoms with Crippen LogP contribution in [0.2, 0.25) is 0 Å². The minimum Gasteiger partial charge on any atom is -0.379 e. The molecule has 0 saturated heterocycles. The van der Waals surface area contributed by atoms with Crippen molar-refractivity contribution in [2.45, 2.75) is 33.9 Å². The van der Waals surface area contributed by atoms with Crippen LogP contribution in [-0.4, -0.2) is 19.6 Å². The molecule has 0 aliphatic heterocycles. The van der Waals surface area contributed by atoms with Crippen LogP contribution in [0.15, 0.2) is 53.3 Å². The van der Waals surface area contributed by atoms with Gasteiger partial charge in [0.15, 0.2) is 0 Å². The number of rotatable bonds is 6. The molecule has 7 nitrogen and oxygen atoms in total. The summed E-state index contributed by atoms with van der Waals surface area (Å²) in [6.07, 6.45) is 0. The quantitative estimate of drug-likeness (QED) is 0.470. The molecule has 2 aromatic heterocycles. The molecule has 4 aromatic rings. The summed E-state index contributed by atoms with van der Waals surface area (Å²) in [5.74, 6) is 0.858. The first-order valence-electron chi connectivity index (χ1n) is 9.58. The largest absolute Gasteiger partial charge is 0.379 e. The van der Waals surface area contributed by atoms with Crippen LogP contribution in [0.25, 0.3) is 5.78 Å². The van der Waals surface area contributed by atoms with Gasteiger partial charge in [-0.2, -0.15) is 9.50 Å². The number of benzene rings is 2. The Labute approximate surface area is 168 Å². The van der Waals surface area contributed by atoms with Gasteiger partial charge in [-0.15, -0.1) is 0 Å². The lowest BCUT2D eigenvalue weighted by Crippen LogP contribution is -2.17. The summed E-state index contributed by atoms with van der Waals surface area (Å²) in [5, 5.41) is 9.52. The van der Waals surface area contributed by atoms with Crippen LogP contribution >= 0.6 is 0 Å². The summed E-state index contributed by atoms with van der Waals surface area (Å²) in [5.41, 5.74) is 6.25. The molecule has 0 aliphatic carbocycles. The van der Waals surface area contributed by atoms with Crippen LogP contribution < -0.4 is 16.2 Å². The fourth-order valence-corrected chi connectivity index (χ4v) is 3.12. The van der Waals surface area contributed by atoms with Crippen molar-refractivity contribution in [3.05, 3.63) is 86.8 Å². The molecular formula is C22H24N6O. The zero-order chi connectivity index (χ0) is 20.4. The smallest absolute Gasteiger partial charge is 0.274 e. The van der Waals surface area contributed by atoms with Gasteiger partial charge in [-0.25, -0.2) is 4.98 Å². The van der Waals surface area contributed by atoms with Crippen molar-refractivity contribution < 1.29 is 0 Å². The number of hydrogen-bond acceptors (Lipinski definition) is 5. The first-order chi connectivity index (χ1) is 14.0. The van der Waals surface area contributed by atoms with Crippen LogP contribution in [0.3, 0.4) is 0 Å². The molecule has 0 fully saturated rings. The lowest BCUT2D eigenvalue weighted by atomic mass is 10.1. The Morgan fingerprint density at radius 3 is 2.55 bits per heavy atom. The van der Waals surface area contributed by atoms with Gasteiger partial charge in [-0.05, 0) is 43.5 Å². The highest BCUT2D eigenvalue weighted by Crippen LogP contribution is 2.18. The van der Waals surface area contributed by atoms with Gasteiger partial charge in [0.25, 0.3) is 11.3 Å². The second-order valence-corrected chi connectivity index (χ2v) is 7.23. The summed E-state index contributed by atoms with van der Waals surface area (Å²) in [7, 11) is 0. The summed E-state index contributed by atoms with van der Waals surface area (Å²) in [6.45, 7) is 7.27. The normalized spacial score (nSPS) is 11.0. The maximum atomic E-state index is 12.5. The molecule has 29 heavy (non-hydrogen) atoms. The summed E-state index contributed by atoms with van der Waals surface area (Å²) in [6, 6.07) is 15.9. The van der Waals surface area contributed by atoms with Crippen LogP contribution in [0.5, 0.6) is 0 Å². The standard InChI is InChI=1S/C22H24N6O/c1-14-7-9-17(10-8-14)12-24-21-26-22-25-18(11-20(29)28(22)27-21)13-23-19-6-4-5-15(2)16(19)3/h4-11,23H,12-13H2,1-3H3,(H2,24,25,26,27). The van der Waals surface area contributed by atoms with E-state index in [0.29, 0.717) is 30.5 Å². The maximum Gasteiger partial charge on any atom is 0.274 e. The maximum absolute atomic E-state index is 12.5. The SMILES string of the molecule is Cc1ccc(CNc2nc3nc(CNc4cccc(C)c4C)cc(=O)n3[nH]2)cc1. The molecule has 0 unspecified atom stereocenters. The number of nitrogens with one attached hydrogen (secondary N) is 3. The van der Waals surface area contributed by atoms with Gasteiger partial charge in [0.05, 0.1) is 12.2 Å². The van der Waals surface area contributed by atoms with Gasteiger partial charge >= 0.3 is 0 Å². The average Bonchev–Trinajstić information content (AvgIpc) is 3.12. The molecule has 2 heterocycles. The topological polar surface area (TPSA) is 87.1 Å². The van der Waals surface area contributed by atoms with Crippen molar-refractivity contribution in [3.63, 3.8) is 0 Å². The number of aromatic nitrogens is 4. The van der Waals surface area contributed by atoms with Gasteiger partial charge < -0.3 is 10.6 Å². The molecule has 0 atom stereocenters. The van der Waals surface area contributed by atoms with E-state index in [4.69, 9.17) is 0 Å². The predicted molar refractivity (Wildman–Crippen MR) is 115 cm³/mol. The Kier molecular flexibility index (Phi) is 5.03. The molecule has 0 aliphatic rings. The molecule has 148 valence electrons. The van der Waals surface area contributed by atoms with Crippen LogP contribution in [0, 0.1) is 20.8 Å². The minimum atomic E-state index is -0.191. The van der Waals surface area contributed by atoms with E-state index in [1.165, 1.54) is 27.3 Å². The van der Waals surface area contributed by atoms with Gasteiger partial charge in [0.1, 0.15) is 0 Å². The minimum absolute atomic E-state index is 0.191. The van der Waals surface area contributed by atoms with Crippen molar-refractivity contribution >= 4 is 17.4 Å². The Morgan fingerprint density at radius 2 is 1.76 bits per heavy atom. The third-order valence-electron chi connectivity index (χ3n) is 5.03. The summed E-state index contributed by atoms with van der Waals surface area (Å²) < 4.78 is 1.35. The third-order valence-corrected chi connectivity index (χ3v) is 5.03. The monoisotopic (exact) mass is 388 g/mol. The molecule has 4 rings (SSSR count). The molecule has 0 radical (unpaired) electrons. The number of hydrogen-bond donors (Lipinski definition) is 3. The van der Waals surface area contributed by atoms with Gasteiger partial charge in [-0.1, -0.05) is 42.0 Å². The van der Waals surface area contributed by atoms with E-state index in [1.54, 1.807) is 0 Å². The van der Waals surface area contributed by atoms with Crippen molar-refractivity contribution in [1.82, 2.24) is 19.6 Å². The Balaban J connectivity index is 1.50. The zero-order valence-electron chi connectivity index (χ0n) is 16.8. The van der Waals surface area contributed by atoms with Crippen LogP contribution in [0.4, 0.5) is 11.6 Å². The van der Waals surface area contributed by atoms with Gasteiger partial charge in [0, 0.05) is 18.3 Å². The van der Waals surface area contributed by atoms with Crippen LogP contribution in [-0.2, 0) is 13.1 Å². The second kappa shape index (κ2) is 7.79. The van der Waals surface area contributed by atoms with E-state index in [-0.39, 0.29) is 5.56 Å². The fourth-order valence-electron chi connectivity index (χ4n) is 3.12. The van der Waals surface area contributed by atoms with E-state index in [1.807, 2.05) is 12.1 Å². The van der Waals surface area contributed by atoms with E-state index >= 15 is 0 Å². The molecule has 0 amide bonds. The molecule has 0 spiro atoms. The number of H-pyrrole nitrogens is 1. The highest BCUT2D eigenvalue weighted by atomic mass is 16.1. The molecule has 2 aromatic carbocycles. The predicted octanol–water partition coefficient (Wildman–Crippen LogP) is 3.57. The van der Waals surface area contributed by atoms with Gasteiger partial charge in [-0.3, -0.25) is 9.89 Å². The van der Waals surface area contributed by atoms with Crippen LogP contribution in [0.1, 0.15) is 27.9 Å². The van der Waals surface area contributed by atoms with Crippen molar-refractivity contribution in [3.8, 4) is 0 Å². The highest BCUT2D eigenvalue weighted by Gasteiger charge is 2.09. The number of aromatic amines is 1. The summed E-state index contributed by atoms with van der Waals surface area (Å²) >= 11 is 0. The Hall–Kier alpha value is -3.61. The van der Waals surface area contributed by atoms with E-state index < -0.39 is 0 Å². The molecular weight excluding hydrogens is 364 g/mol. The fraction of sp³-hybridized carbons (Fsp3) is 0.227. The van der Waals surface area contributed by atoms with Crippen molar-refractivity contribution in [2.75, 3.05) is 10.6 Å². The lowest BCUT2D eigenvalue weighted by molar-refractivity contribution is 0.874. The molecule has 0 bridgehead atoms. The van der Waals surface area contributed by atoms with Crippen molar-refractivity contribution in [1.29, 1.82) is 0 Å². The molecule has 0 saturated carbocycles. The lowest BCUT2D eigenvalue weighted by Gasteiger charge is -2.10. The summed E-state index contributed by atoms with van der Waals surface area (Å²) in [4.78, 5) is 21.4. The average molecular weight is 388 g/mol. The number of nitrogens with zero attached hydrogens (tertiary/aromatic N) is 3. The zero-order valence-corrected chi connectivity index (χ0v) is 16.8. The van der Waals surface area contributed by atoms with E-state index in [9.17, 15) is 4.79 Å². The first-order valence-corrected chi connectivity index (χ1v) is 9.58. The Bertz CT molecular complexity index is 1210. The number of aryl methyl sites for hydroxylation is 2. The number of fused-ring (bicyclic) bond motifs is 1. The Morgan fingerprint density at radius 1 is 0.966 bits per heavy atom. The van der Waals surface area contributed by atoms with Gasteiger partial charge in [0.2, 0.25) is 5.95 Å². The molecule has 7 heteroatoms. The van der Waals surface area contributed by atoms with E-state index in [2.05, 4.69) is 76.8 Å². The first kappa shape index (κ1) is 18.7.